The number of carbonyl (C=O) groups excluding carboxylic acids is 1. The Balaban J connectivity index is 3.87. The summed E-state index contributed by atoms with van der Waals surface area (Å²) >= 11 is 0. The minimum absolute atomic E-state index is 0.0157. The molecule has 1 amide bonds. The molecular weight excluding hydrogens is 768 g/mol. The fraction of sp³-hybridized carbons (Fsp3) is 0.980. The summed E-state index contributed by atoms with van der Waals surface area (Å²) in [6, 6.07) is -0.792. The maximum Gasteiger partial charge on any atom is 0.268 e. The van der Waals surface area contributed by atoms with Crippen LogP contribution in [0.1, 0.15) is 271 Å². The molecule has 0 saturated carbocycles. The number of nitrogens with zero attached hydrogens (tertiary/aromatic N) is 1. The molecule has 3 unspecified atom stereocenters. The van der Waals surface area contributed by atoms with Gasteiger partial charge in [-0.15, -0.1) is 0 Å². The SMILES string of the molecule is CCCCCCCCCCCCCCCCCCCCCCCCCCCCCCCCC(=O)NC(COP(=O)([O-])OCC[N+](C)(C)C)C(O)CCCCCCCCCC. The molecule has 0 saturated heterocycles. The van der Waals surface area contributed by atoms with Gasteiger partial charge in [-0.2, -0.15) is 0 Å². The third-order valence-corrected chi connectivity index (χ3v) is 13.3. The smallest absolute Gasteiger partial charge is 0.268 e. The predicted molar refractivity (Wildman–Crippen MR) is 256 cm³/mol. The summed E-state index contributed by atoms with van der Waals surface area (Å²) < 4.78 is 23.2. The quantitative estimate of drug-likeness (QED) is 0.0358. The molecule has 0 aromatic heterocycles. The summed E-state index contributed by atoms with van der Waals surface area (Å²) in [6.07, 6.45) is 50.2. The molecule has 0 aliphatic rings. The van der Waals surface area contributed by atoms with E-state index in [1.54, 1.807) is 0 Å². The summed E-state index contributed by atoms with van der Waals surface area (Å²) in [7, 11) is 1.32. The van der Waals surface area contributed by atoms with Gasteiger partial charge < -0.3 is 28.8 Å². The monoisotopic (exact) mass is 873 g/mol. The van der Waals surface area contributed by atoms with Crippen molar-refractivity contribution < 1.29 is 32.9 Å². The first kappa shape index (κ1) is 59.5. The number of quaternary nitrogens is 1. The van der Waals surface area contributed by atoms with Crippen LogP contribution in [0, 0.1) is 0 Å². The Morgan fingerprint density at radius 1 is 0.517 bits per heavy atom. The second-order valence-corrected chi connectivity index (χ2v) is 21.0. The summed E-state index contributed by atoms with van der Waals surface area (Å²) in [5.41, 5.74) is 0. The fourth-order valence-electron chi connectivity index (χ4n) is 8.16. The lowest BCUT2D eigenvalue weighted by molar-refractivity contribution is -0.870. The van der Waals surface area contributed by atoms with Gasteiger partial charge in [0, 0.05) is 6.42 Å². The molecule has 0 aliphatic carbocycles. The largest absolute Gasteiger partial charge is 0.756 e. The van der Waals surface area contributed by atoms with Crippen LogP contribution in [-0.4, -0.2) is 68.5 Å². The third kappa shape index (κ3) is 45.5. The Bertz CT molecular complexity index is 947. The van der Waals surface area contributed by atoms with E-state index in [-0.39, 0.29) is 19.1 Å². The van der Waals surface area contributed by atoms with Crippen LogP contribution in [0.15, 0.2) is 0 Å². The summed E-state index contributed by atoms with van der Waals surface area (Å²) in [5.74, 6) is -0.162. The summed E-state index contributed by atoms with van der Waals surface area (Å²) in [6.45, 7) is 4.72. The van der Waals surface area contributed by atoms with E-state index in [0.29, 0.717) is 23.9 Å². The highest BCUT2D eigenvalue weighted by atomic mass is 31.2. The van der Waals surface area contributed by atoms with Gasteiger partial charge in [-0.3, -0.25) is 9.36 Å². The highest BCUT2D eigenvalue weighted by molar-refractivity contribution is 7.45. The van der Waals surface area contributed by atoms with Crippen LogP contribution in [0.3, 0.4) is 0 Å². The minimum atomic E-state index is -4.55. The maximum atomic E-state index is 12.9. The summed E-state index contributed by atoms with van der Waals surface area (Å²) in [4.78, 5) is 25.3. The van der Waals surface area contributed by atoms with Gasteiger partial charge in [0.25, 0.3) is 7.82 Å². The topological polar surface area (TPSA) is 108 Å². The lowest BCUT2D eigenvalue weighted by Gasteiger charge is -2.30. The standard InChI is InChI=1S/C51H105N2O6P/c1-6-8-10-12-14-16-17-18-19-20-21-22-23-24-25-26-27-28-29-30-31-32-33-34-35-36-37-39-41-43-45-51(55)52-49(48-59-60(56,57)58-47-46-53(3,4)5)50(54)44-42-40-38-15-13-11-9-7-2/h49-50,54H,6-48H2,1-5H3,(H-,52,55,56,57). The molecule has 0 aliphatic heterocycles. The average Bonchev–Trinajstić information content (AvgIpc) is 3.20. The van der Waals surface area contributed by atoms with Gasteiger partial charge in [0.2, 0.25) is 5.91 Å². The van der Waals surface area contributed by atoms with Crippen molar-refractivity contribution in [3.8, 4) is 0 Å². The average molecular weight is 873 g/mol. The number of phosphoric acid groups is 1. The Hall–Kier alpha value is -0.500. The van der Waals surface area contributed by atoms with Crippen LogP contribution < -0.4 is 10.2 Å². The van der Waals surface area contributed by atoms with E-state index in [4.69, 9.17) is 9.05 Å². The molecule has 2 N–H and O–H groups in total. The zero-order valence-electron chi connectivity index (χ0n) is 40.9. The molecule has 3 atom stereocenters. The number of carbonyl (C=O) groups is 1. The molecular formula is C51H105N2O6P. The number of unbranched alkanes of at least 4 members (excludes halogenated alkanes) is 36. The van der Waals surface area contributed by atoms with E-state index < -0.39 is 20.0 Å². The molecule has 360 valence electrons. The van der Waals surface area contributed by atoms with Crippen molar-refractivity contribution in [3.05, 3.63) is 0 Å². The van der Waals surface area contributed by atoms with E-state index in [2.05, 4.69) is 19.2 Å². The number of likely N-dealkylation sites (N-methyl/N-ethyl adjacent to an activating group) is 1. The molecule has 0 spiro atoms. The molecule has 0 radical (unpaired) electrons. The number of hydrogen-bond acceptors (Lipinski definition) is 6. The number of rotatable bonds is 49. The van der Waals surface area contributed by atoms with Crippen molar-refractivity contribution in [2.24, 2.45) is 0 Å². The Kier molecular flexibility index (Phi) is 43.4. The van der Waals surface area contributed by atoms with Crippen LogP contribution >= 0.6 is 7.82 Å². The zero-order chi connectivity index (χ0) is 44.3. The van der Waals surface area contributed by atoms with Crippen molar-refractivity contribution in [2.45, 2.75) is 283 Å². The number of amides is 1. The number of aliphatic hydroxyl groups is 1. The van der Waals surface area contributed by atoms with Crippen LogP contribution in [0.4, 0.5) is 0 Å². The van der Waals surface area contributed by atoms with Gasteiger partial charge in [-0.1, -0.05) is 251 Å². The highest BCUT2D eigenvalue weighted by Crippen LogP contribution is 2.38. The number of aliphatic hydroxyl groups excluding tert-OH is 1. The third-order valence-electron chi connectivity index (χ3n) is 12.3. The molecule has 9 heteroatoms. The first-order chi connectivity index (χ1) is 29.0. The zero-order valence-corrected chi connectivity index (χ0v) is 41.8. The fourth-order valence-corrected chi connectivity index (χ4v) is 8.88. The Morgan fingerprint density at radius 3 is 1.13 bits per heavy atom. The van der Waals surface area contributed by atoms with Crippen LogP contribution in [0.2, 0.25) is 0 Å². The highest BCUT2D eigenvalue weighted by Gasteiger charge is 2.24. The summed E-state index contributed by atoms with van der Waals surface area (Å²) in [5, 5.41) is 13.9. The molecule has 0 aromatic carbocycles. The van der Waals surface area contributed by atoms with Gasteiger partial charge in [0.1, 0.15) is 13.2 Å². The second-order valence-electron chi connectivity index (χ2n) is 19.6. The lowest BCUT2D eigenvalue weighted by atomic mass is 10.0. The van der Waals surface area contributed by atoms with E-state index >= 15 is 0 Å². The molecule has 0 rings (SSSR count). The van der Waals surface area contributed by atoms with Gasteiger partial charge >= 0.3 is 0 Å². The van der Waals surface area contributed by atoms with Gasteiger partial charge in [-0.05, 0) is 12.8 Å². The van der Waals surface area contributed by atoms with E-state index in [1.165, 1.54) is 205 Å². The van der Waals surface area contributed by atoms with Crippen LogP contribution in [0.5, 0.6) is 0 Å². The van der Waals surface area contributed by atoms with Gasteiger partial charge in [0.15, 0.2) is 0 Å². The van der Waals surface area contributed by atoms with E-state index in [9.17, 15) is 19.4 Å². The van der Waals surface area contributed by atoms with E-state index in [1.807, 2.05) is 21.1 Å². The van der Waals surface area contributed by atoms with Crippen molar-refractivity contribution in [3.63, 3.8) is 0 Å². The lowest BCUT2D eigenvalue weighted by Crippen LogP contribution is -2.46. The molecule has 60 heavy (non-hydrogen) atoms. The molecule has 0 fully saturated rings. The minimum Gasteiger partial charge on any atom is -0.756 e. The van der Waals surface area contributed by atoms with Crippen molar-refractivity contribution in [1.82, 2.24) is 5.32 Å². The Morgan fingerprint density at radius 2 is 0.817 bits per heavy atom. The van der Waals surface area contributed by atoms with Crippen LogP contribution in [0.25, 0.3) is 0 Å². The number of nitrogens with one attached hydrogen (secondary N) is 1. The molecule has 0 heterocycles. The van der Waals surface area contributed by atoms with Crippen molar-refractivity contribution >= 4 is 13.7 Å². The first-order valence-electron chi connectivity index (χ1n) is 26.4. The number of hydrogen-bond donors (Lipinski definition) is 2. The maximum absolute atomic E-state index is 12.9. The Labute approximate surface area is 374 Å². The van der Waals surface area contributed by atoms with Crippen molar-refractivity contribution in [1.29, 1.82) is 0 Å². The van der Waals surface area contributed by atoms with Gasteiger partial charge in [0.05, 0.1) is 39.9 Å². The predicted octanol–water partition coefficient (Wildman–Crippen LogP) is 14.7. The van der Waals surface area contributed by atoms with Crippen molar-refractivity contribution in [2.75, 3.05) is 40.9 Å². The molecule has 8 nitrogen and oxygen atoms in total. The first-order valence-corrected chi connectivity index (χ1v) is 27.8. The molecule has 0 aromatic rings. The van der Waals surface area contributed by atoms with E-state index in [0.717, 1.165) is 38.5 Å². The molecule has 0 bridgehead atoms. The number of phosphoric ester groups is 1. The second kappa shape index (κ2) is 43.7. The van der Waals surface area contributed by atoms with Gasteiger partial charge in [-0.25, -0.2) is 0 Å². The normalized spacial score (nSPS) is 14.1. The van der Waals surface area contributed by atoms with Crippen LogP contribution in [-0.2, 0) is 18.4 Å².